The van der Waals surface area contributed by atoms with Crippen molar-refractivity contribution in [1.29, 1.82) is 0 Å². The Labute approximate surface area is 178 Å². The van der Waals surface area contributed by atoms with E-state index < -0.39 is 26.5 Å². The van der Waals surface area contributed by atoms with E-state index in [1.807, 2.05) is 13.0 Å². The Kier molecular flexibility index (Phi) is 6.30. The summed E-state index contributed by atoms with van der Waals surface area (Å²) in [5, 5.41) is 15.4. The van der Waals surface area contributed by atoms with Crippen molar-refractivity contribution in [2.75, 3.05) is 10.1 Å². The van der Waals surface area contributed by atoms with Crippen LogP contribution in [0.5, 0.6) is 0 Å². The zero-order valence-electron chi connectivity index (χ0n) is 16.7. The molecule has 0 radical (unpaired) electrons. The summed E-state index contributed by atoms with van der Waals surface area (Å²) in [4.78, 5) is 10.5. The zero-order valence-corrected chi connectivity index (χ0v) is 17.5. The van der Waals surface area contributed by atoms with Crippen LogP contribution in [0, 0.1) is 29.8 Å². The fraction of sp³-hybridized carbons (Fsp3) is 0.0952. The third kappa shape index (κ3) is 5.43. The lowest BCUT2D eigenvalue weighted by molar-refractivity contribution is -0.384. The number of hydrazone groups is 1. The van der Waals surface area contributed by atoms with Crippen molar-refractivity contribution >= 4 is 33.3 Å². The van der Waals surface area contributed by atoms with Crippen molar-refractivity contribution < 1.29 is 17.7 Å². The third-order valence-electron chi connectivity index (χ3n) is 4.37. The van der Waals surface area contributed by atoms with Crippen molar-refractivity contribution in [3.63, 3.8) is 0 Å². The maximum absolute atomic E-state index is 12.9. The minimum atomic E-state index is -4.05. The van der Waals surface area contributed by atoms with Crippen LogP contribution in [0.25, 0.3) is 0 Å². The first-order valence-corrected chi connectivity index (χ1v) is 10.6. The standard InChI is InChI=1S/C21H19FN4O4S/c1-14-3-9-19(15(2)11-14)25-31(29,30)18-8-10-20(21(12-18)26(27)28)24-23-13-16-4-6-17(22)7-5-16/h3-13,24-25H,1-2H3/b23-13+. The quantitative estimate of drug-likeness (QED) is 0.315. The zero-order chi connectivity index (χ0) is 22.6. The van der Waals surface area contributed by atoms with Gasteiger partial charge in [-0.15, -0.1) is 0 Å². The summed E-state index contributed by atoms with van der Waals surface area (Å²) in [6.45, 7) is 3.65. The second kappa shape index (κ2) is 8.92. The minimum Gasteiger partial charge on any atom is -0.279 e. The average Bonchev–Trinajstić information content (AvgIpc) is 2.71. The second-order valence-corrected chi connectivity index (χ2v) is 8.46. The third-order valence-corrected chi connectivity index (χ3v) is 5.73. The summed E-state index contributed by atoms with van der Waals surface area (Å²) in [5.41, 5.74) is 4.74. The Hall–Kier alpha value is -3.79. The predicted octanol–water partition coefficient (Wildman–Crippen LogP) is 4.60. The molecule has 0 fully saturated rings. The van der Waals surface area contributed by atoms with Gasteiger partial charge in [0.05, 0.1) is 21.7 Å². The lowest BCUT2D eigenvalue weighted by atomic mass is 10.1. The molecule has 0 atom stereocenters. The molecule has 0 aliphatic rings. The van der Waals surface area contributed by atoms with E-state index in [1.165, 1.54) is 42.6 Å². The number of nitro groups is 1. The summed E-state index contributed by atoms with van der Waals surface area (Å²) in [5.74, 6) is -0.396. The van der Waals surface area contributed by atoms with Crippen LogP contribution < -0.4 is 10.1 Å². The first kappa shape index (κ1) is 21.9. The molecule has 8 nitrogen and oxygen atoms in total. The molecular formula is C21H19FN4O4S. The van der Waals surface area contributed by atoms with Gasteiger partial charge in [-0.3, -0.25) is 20.3 Å². The fourth-order valence-electron chi connectivity index (χ4n) is 2.78. The molecule has 0 bridgehead atoms. The molecule has 0 amide bonds. The molecule has 0 aliphatic heterocycles. The average molecular weight is 442 g/mol. The molecular weight excluding hydrogens is 423 g/mol. The van der Waals surface area contributed by atoms with Crippen molar-refractivity contribution in [2.45, 2.75) is 18.7 Å². The fourth-order valence-corrected chi connectivity index (χ4v) is 3.93. The summed E-state index contributed by atoms with van der Waals surface area (Å²) >= 11 is 0. The van der Waals surface area contributed by atoms with Gasteiger partial charge in [0.2, 0.25) is 0 Å². The van der Waals surface area contributed by atoms with Gasteiger partial charge < -0.3 is 0 Å². The molecule has 0 saturated heterocycles. The lowest BCUT2D eigenvalue weighted by Gasteiger charge is -2.12. The first-order valence-electron chi connectivity index (χ1n) is 9.09. The van der Waals surface area contributed by atoms with Gasteiger partial charge in [0.15, 0.2) is 0 Å². The highest BCUT2D eigenvalue weighted by atomic mass is 32.2. The molecule has 160 valence electrons. The maximum atomic E-state index is 12.9. The molecule has 0 heterocycles. The van der Waals surface area contributed by atoms with E-state index in [-0.39, 0.29) is 10.6 Å². The summed E-state index contributed by atoms with van der Waals surface area (Å²) < 4.78 is 40.9. The number of nitro benzene ring substituents is 1. The van der Waals surface area contributed by atoms with E-state index in [1.54, 1.807) is 19.1 Å². The van der Waals surface area contributed by atoms with Crippen LogP contribution in [0.3, 0.4) is 0 Å². The SMILES string of the molecule is Cc1ccc(NS(=O)(=O)c2ccc(N/N=C/c3ccc(F)cc3)c([N+](=O)[O-])c2)c(C)c1. The highest BCUT2D eigenvalue weighted by Gasteiger charge is 2.22. The van der Waals surface area contributed by atoms with Gasteiger partial charge in [-0.25, -0.2) is 12.8 Å². The molecule has 0 unspecified atom stereocenters. The number of nitrogens with one attached hydrogen (secondary N) is 2. The van der Waals surface area contributed by atoms with Crippen LogP contribution in [0.4, 0.5) is 21.5 Å². The Morgan fingerprint density at radius 3 is 2.32 bits per heavy atom. The lowest BCUT2D eigenvalue weighted by Crippen LogP contribution is -2.14. The summed E-state index contributed by atoms with van der Waals surface area (Å²) in [7, 11) is -4.05. The van der Waals surface area contributed by atoms with E-state index >= 15 is 0 Å². The molecule has 0 saturated carbocycles. The van der Waals surface area contributed by atoms with E-state index in [9.17, 15) is 22.9 Å². The van der Waals surface area contributed by atoms with Crippen LogP contribution in [-0.2, 0) is 10.0 Å². The van der Waals surface area contributed by atoms with E-state index in [0.29, 0.717) is 11.3 Å². The highest BCUT2D eigenvalue weighted by Crippen LogP contribution is 2.29. The number of sulfonamides is 1. The number of benzene rings is 3. The van der Waals surface area contributed by atoms with Crippen LogP contribution in [0.1, 0.15) is 16.7 Å². The molecule has 2 N–H and O–H groups in total. The molecule has 10 heteroatoms. The van der Waals surface area contributed by atoms with Gasteiger partial charge in [0, 0.05) is 6.07 Å². The number of halogens is 1. The van der Waals surface area contributed by atoms with Crippen LogP contribution in [-0.4, -0.2) is 19.6 Å². The molecule has 3 aromatic carbocycles. The minimum absolute atomic E-state index is 0.00817. The van der Waals surface area contributed by atoms with Crippen LogP contribution in [0.15, 0.2) is 70.7 Å². The van der Waals surface area contributed by atoms with Crippen LogP contribution >= 0.6 is 0 Å². The Bertz CT molecular complexity index is 1260. The summed E-state index contributed by atoms with van der Waals surface area (Å²) in [6.07, 6.45) is 1.36. The van der Waals surface area contributed by atoms with E-state index in [2.05, 4.69) is 15.2 Å². The first-order chi connectivity index (χ1) is 14.7. The molecule has 0 spiro atoms. The number of hydrogen-bond donors (Lipinski definition) is 2. The topological polar surface area (TPSA) is 114 Å². The van der Waals surface area contributed by atoms with Gasteiger partial charge >= 0.3 is 0 Å². The Morgan fingerprint density at radius 2 is 1.68 bits per heavy atom. The number of nitrogens with zero attached hydrogens (tertiary/aromatic N) is 2. The van der Waals surface area contributed by atoms with Gasteiger partial charge in [0.1, 0.15) is 11.5 Å². The molecule has 3 aromatic rings. The molecule has 3 rings (SSSR count). The summed E-state index contributed by atoms with van der Waals surface area (Å²) in [6, 6.07) is 14.2. The second-order valence-electron chi connectivity index (χ2n) is 6.78. The van der Waals surface area contributed by atoms with Gasteiger partial charge in [-0.1, -0.05) is 29.8 Å². The highest BCUT2D eigenvalue weighted by molar-refractivity contribution is 7.92. The monoisotopic (exact) mass is 442 g/mol. The number of hydrogen-bond acceptors (Lipinski definition) is 6. The predicted molar refractivity (Wildman–Crippen MR) is 117 cm³/mol. The van der Waals surface area contributed by atoms with Crippen molar-refractivity contribution in [1.82, 2.24) is 0 Å². The van der Waals surface area contributed by atoms with E-state index in [0.717, 1.165) is 17.2 Å². The molecule has 0 aliphatic carbocycles. The normalized spacial score (nSPS) is 11.5. The van der Waals surface area contributed by atoms with Crippen LogP contribution in [0.2, 0.25) is 0 Å². The van der Waals surface area contributed by atoms with Gasteiger partial charge in [0.25, 0.3) is 15.7 Å². The number of anilines is 2. The van der Waals surface area contributed by atoms with Crippen molar-refractivity contribution in [3.05, 3.63) is 93.3 Å². The van der Waals surface area contributed by atoms with Crippen molar-refractivity contribution in [2.24, 2.45) is 5.10 Å². The largest absolute Gasteiger partial charge is 0.295 e. The maximum Gasteiger partial charge on any atom is 0.295 e. The van der Waals surface area contributed by atoms with Crippen molar-refractivity contribution in [3.8, 4) is 0 Å². The Morgan fingerprint density at radius 1 is 1.00 bits per heavy atom. The number of aryl methyl sites for hydroxylation is 2. The van der Waals surface area contributed by atoms with E-state index in [4.69, 9.17) is 0 Å². The van der Waals surface area contributed by atoms with Gasteiger partial charge in [-0.05, 0) is 55.3 Å². The molecule has 31 heavy (non-hydrogen) atoms. The number of rotatable bonds is 7. The smallest absolute Gasteiger partial charge is 0.279 e. The Balaban J connectivity index is 1.85. The molecule has 0 aromatic heterocycles. The van der Waals surface area contributed by atoms with Gasteiger partial charge in [-0.2, -0.15) is 5.10 Å².